The zero-order chi connectivity index (χ0) is 12.8. The van der Waals surface area contributed by atoms with Crippen molar-refractivity contribution in [2.75, 3.05) is 13.6 Å². The fourth-order valence-corrected chi connectivity index (χ4v) is 1.52. The highest BCUT2D eigenvalue weighted by Gasteiger charge is 2.05. The van der Waals surface area contributed by atoms with Gasteiger partial charge in [-0.15, -0.1) is 0 Å². The molecule has 1 rings (SSSR count). The second-order valence-corrected chi connectivity index (χ2v) is 4.34. The number of nitrogen functional groups attached to an aromatic ring is 1. The highest BCUT2D eigenvalue weighted by atomic mass is 16.3. The maximum Gasteiger partial charge on any atom is 0.141 e. The summed E-state index contributed by atoms with van der Waals surface area (Å²) in [4.78, 5) is 6.13. The molecule has 94 valence electrons. The molecule has 0 spiro atoms. The van der Waals surface area contributed by atoms with Gasteiger partial charge >= 0.3 is 0 Å². The lowest BCUT2D eigenvalue weighted by atomic mass is 10.2. The Morgan fingerprint density at radius 3 is 2.94 bits per heavy atom. The highest BCUT2D eigenvalue weighted by Crippen LogP contribution is 2.05. The van der Waals surface area contributed by atoms with Crippen molar-refractivity contribution >= 4 is 5.84 Å². The average molecular weight is 236 g/mol. The molecule has 0 fully saturated rings. The van der Waals surface area contributed by atoms with E-state index in [1.54, 1.807) is 13.1 Å². The van der Waals surface area contributed by atoms with Crippen LogP contribution in [0.5, 0.6) is 0 Å². The molecule has 1 unspecified atom stereocenters. The number of pyridine rings is 1. The van der Waals surface area contributed by atoms with Gasteiger partial charge in [0.2, 0.25) is 0 Å². The van der Waals surface area contributed by atoms with Gasteiger partial charge in [0, 0.05) is 19.3 Å². The van der Waals surface area contributed by atoms with Gasteiger partial charge < -0.3 is 15.7 Å². The fraction of sp³-hybridized carbons (Fsp3) is 0.500. The van der Waals surface area contributed by atoms with E-state index in [1.165, 1.54) is 0 Å². The fourth-order valence-electron chi connectivity index (χ4n) is 1.52. The van der Waals surface area contributed by atoms with Crippen molar-refractivity contribution in [3.05, 3.63) is 29.6 Å². The second-order valence-electron chi connectivity index (χ2n) is 4.34. The third-order valence-corrected chi connectivity index (χ3v) is 2.48. The first-order chi connectivity index (χ1) is 7.99. The van der Waals surface area contributed by atoms with Crippen LogP contribution in [-0.2, 0) is 6.54 Å². The Balaban J connectivity index is 2.56. The Kier molecular flexibility index (Phi) is 5.06. The molecule has 0 aromatic carbocycles. The highest BCUT2D eigenvalue weighted by molar-refractivity contribution is 5.93. The van der Waals surface area contributed by atoms with Gasteiger partial charge in [0.25, 0.3) is 0 Å². The summed E-state index contributed by atoms with van der Waals surface area (Å²) >= 11 is 0. The Hall–Kier alpha value is -1.46. The van der Waals surface area contributed by atoms with Crippen molar-refractivity contribution in [2.45, 2.75) is 26.0 Å². The molecular formula is C12H20N4O. The molecule has 17 heavy (non-hydrogen) atoms. The van der Waals surface area contributed by atoms with Crippen LogP contribution in [0.2, 0.25) is 0 Å². The average Bonchev–Trinajstić information content (AvgIpc) is 2.26. The Morgan fingerprint density at radius 1 is 1.65 bits per heavy atom. The van der Waals surface area contributed by atoms with Gasteiger partial charge in [0.1, 0.15) is 11.5 Å². The first kappa shape index (κ1) is 13.6. The lowest BCUT2D eigenvalue weighted by molar-refractivity contribution is 0.163. The van der Waals surface area contributed by atoms with E-state index in [2.05, 4.69) is 9.88 Å². The summed E-state index contributed by atoms with van der Waals surface area (Å²) in [5.74, 6) is -0.0153. The molecule has 0 saturated heterocycles. The third-order valence-electron chi connectivity index (χ3n) is 2.48. The van der Waals surface area contributed by atoms with Gasteiger partial charge in [-0.2, -0.15) is 0 Å². The van der Waals surface area contributed by atoms with Gasteiger partial charge in [-0.3, -0.25) is 10.4 Å². The second kappa shape index (κ2) is 6.32. The number of nitrogens with two attached hydrogens (primary N) is 1. The van der Waals surface area contributed by atoms with E-state index >= 15 is 0 Å². The zero-order valence-corrected chi connectivity index (χ0v) is 10.3. The number of aliphatic hydroxyl groups is 1. The summed E-state index contributed by atoms with van der Waals surface area (Å²) in [7, 11) is 2.00. The van der Waals surface area contributed by atoms with Crippen molar-refractivity contribution < 1.29 is 5.11 Å². The van der Waals surface area contributed by atoms with E-state index in [0.29, 0.717) is 5.69 Å². The molecule has 0 aliphatic heterocycles. The standard InChI is InChI=1S/C12H20N4O/c1-9(17)4-6-16(2)8-10-3-5-15-11(7-10)12(13)14/h3,5,7,9,17H,4,6,8H2,1-2H3,(H3,13,14). The van der Waals surface area contributed by atoms with Crippen molar-refractivity contribution in [3.63, 3.8) is 0 Å². The summed E-state index contributed by atoms with van der Waals surface area (Å²) in [6, 6.07) is 3.73. The van der Waals surface area contributed by atoms with E-state index in [4.69, 9.17) is 11.1 Å². The van der Waals surface area contributed by atoms with E-state index in [1.807, 2.05) is 19.2 Å². The van der Waals surface area contributed by atoms with Crippen LogP contribution >= 0.6 is 0 Å². The minimum absolute atomic E-state index is 0.0153. The summed E-state index contributed by atoms with van der Waals surface area (Å²) in [6.07, 6.45) is 2.14. The molecule has 5 nitrogen and oxygen atoms in total. The Bertz CT molecular complexity index is 379. The molecule has 1 aromatic rings. The predicted octanol–water partition coefficient (Wildman–Crippen LogP) is 0.568. The van der Waals surface area contributed by atoms with Crippen LogP contribution in [0.15, 0.2) is 18.3 Å². The first-order valence-electron chi connectivity index (χ1n) is 5.65. The number of aromatic nitrogens is 1. The van der Waals surface area contributed by atoms with E-state index < -0.39 is 0 Å². The topological polar surface area (TPSA) is 86.2 Å². The number of nitrogens with zero attached hydrogens (tertiary/aromatic N) is 2. The van der Waals surface area contributed by atoms with E-state index in [0.717, 1.165) is 25.1 Å². The molecule has 0 radical (unpaired) electrons. The van der Waals surface area contributed by atoms with E-state index in [9.17, 15) is 5.11 Å². The number of hydrogen-bond acceptors (Lipinski definition) is 4. The molecular weight excluding hydrogens is 216 g/mol. The molecule has 0 saturated carbocycles. The summed E-state index contributed by atoms with van der Waals surface area (Å²) in [5, 5.41) is 16.5. The monoisotopic (exact) mass is 236 g/mol. The van der Waals surface area contributed by atoms with Crippen LogP contribution in [-0.4, -0.2) is 40.5 Å². The minimum Gasteiger partial charge on any atom is -0.393 e. The molecule has 0 aliphatic carbocycles. The Labute approximate surface area is 102 Å². The van der Waals surface area contributed by atoms with Crippen molar-refractivity contribution in [1.82, 2.24) is 9.88 Å². The predicted molar refractivity (Wildman–Crippen MR) is 67.9 cm³/mol. The first-order valence-corrected chi connectivity index (χ1v) is 5.65. The van der Waals surface area contributed by atoms with Gasteiger partial charge in [-0.1, -0.05) is 0 Å². The number of rotatable bonds is 6. The molecule has 4 N–H and O–H groups in total. The van der Waals surface area contributed by atoms with Crippen LogP contribution in [0.4, 0.5) is 0 Å². The van der Waals surface area contributed by atoms with Crippen LogP contribution in [0.25, 0.3) is 0 Å². The molecule has 1 atom stereocenters. The largest absolute Gasteiger partial charge is 0.393 e. The van der Waals surface area contributed by atoms with E-state index in [-0.39, 0.29) is 11.9 Å². The number of amidine groups is 1. The van der Waals surface area contributed by atoms with Crippen molar-refractivity contribution in [1.29, 1.82) is 5.41 Å². The molecule has 0 amide bonds. The molecule has 1 heterocycles. The third kappa shape index (κ3) is 4.93. The van der Waals surface area contributed by atoms with Crippen LogP contribution in [0.3, 0.4) is 0 Å². The quantitative estimate of drug-likeness (QED) is 0.498. The SMILES string of the molecule is CC(O)CCN(C)Cc1ccnc(C(=N)N)c1. The molecule has 5 heteroatoms. The summed E-state index contributed by atoms with van der Waals surface area (Å²) in [6.45, 7) is 3.37. The van der Waals surface area contributed by atoms with Crippen LogP contribution in [0.1, 0.15) is 24.6 Å². The minimum atomic E-state index is -0.275. The maximum atomic E-state index is 9.20. The summed E-state index contributed by atoms with van der Waals surface area (Å²) < 4.78 is 0. The number of aliphatic hydroxyl groups excluding tert-OH is 1. The zero-order valence-electron chi connectivity index (χ0n) is 10.3. The number of hydrogen-bond donors (Lipinski definition) is 3. The summed E-state index contributed by atoms with van der Waals surface area (Å²) in [5.41, 5.74) is 6.96. The normalized spacial score (nSPS) is 12.7. The molecule has 0 aliphatic rings. The molecule has 0 bridgehead atoms. The van der Waals surface area contributed by atoms with Gasteiger partial charge in [0.05, 0.1) is 6.10 Å². The van der Waals surface area contributed by atoms with Crippen molar-refractivity contribution in [3.8, 4) is 0 Å². The van der Waals surface area contributed by atoms with Crippen LogP contribution in [0, 0.1) is 5.41 Å². The number of nitrogens with one attached hydrogen (secondary N) is 1. The van der Waals surface area contributed by atoms with Gasteiger partial charge in [0.15, 0.2) is 0 Å². The van der Waals surface area contributed by atoms with Crippen molar-refractivity contribution in [2.24, 2.45) is 5.73 Å². The lowest BCUT2D eigenvalue weighted by Crippen LogP contribution is -2.22. The van der Waals surface area contributed by atoms with Crippen LogP contribution < -0.4 is 5.73 Å². The lowest BCUT2D eigenvalue weighted by Gasteiger charge is -2.17. The smallest absolute Gasteiger partial charge is 0.141 e. The molecule has 1 aromatic heterocycles. The van der Waals surface area contributed by atoms with Gasteiger partial charge in [-0.05, 0) is 38.1 Å². The Morgan fingerprint density at radius 2 is 2.35 bits per heavy atom. The van der Waals surface area contributed by atoms with Gasteiger partial charge in [-0.25, -0.2) is 0 Å². The maximum absolute atomic E-state index is 9.20.